The third kappa shape index (κ3) is 6.04. The van der Waals surface area contributed by atoms with E-state index in [0.29, 0.717) is 4.90 Å². The van der Waals surface area contributed by atoms with E-state index in [4.69, 9.17) is 0 Å². The molecule has 1 aliphatic heterocycles. The third-order valence-corrected chi connectivity index (χ3v) is 3.92. The normalized spacial score (nSPS) is 18.0. The predicted molar refractivity (Wildman–Crippen MR) is 80.3 cm³/mol. The van der Waals surface area contributed by atoms with Gasteiger partial charge in [-0.2, -0.15) is 13.2 Å². The summed E-state index contributed by atoms with van der Waals surface area (Å²) < 4.78 is 78.6. The largest absolute Gasteiger partial charge is 0.573 e. The van der Waals surface area contributed by atoms with Gasteiger partial charge in [0.15, 0.2) is 0 Å². The zero-order valence-electron chi connectivity index (χ0n) is 14.1. The van der Waals surface area contributed by atoms with E-state index >= 15 is 0 Å². The molecule has 150 valence electrons. The maximum Gasteiger partial charge on any atom is 0.573 e. The van der Waals surface area contributed by atoms with Crippen molar-refractivity contribution < 1.29 is 40.7 Å². The number of amides is 2. The van der Waals surface area contributed by atoms with Crippen LogP contribution in [0.15, 0.2) is 24.3 Å². The number of alkyl halides is 6. The Hall–Kier alpha value is -2.46. The van der Waals surface area contributed by atoms with E-state index in [1.807, 2.05) is 0 Å². The molecule has 1 fully saturated rings. The van der Waals surface area contributed by atoms with Gasteiger partial charge in [0.25, 0.3) is 0 Å². The quantitative estimate of drug-likeness (QED) is 0.717. The van der Waals surface area contributed by atoms with Crippen molar-refractivity contribution in [2.24, 2.45) is 5.92 Å². The van der Waals surface area contributed by atoms with Crippen LogP contribution in [-0.2, 0) is 16.1 Å². The Morgan fingerprint density at radius 1 is 1.22 bits per heavy atom. The second-order valence-electron chi connectivity index (χ2n) is 6.14. The maximum absolute atomic E-state index is 12.4. The van der Waals surface area contributed by atoms with Crippen LogP contribution in [0.2, 0.25) is 0 Å². The fraction of sp³-hybridized carbons (Fsp3) is 0.500. The molecule has 0 aromatic heterocycles. The topological polar surface area (TPSA) is 49.9 Å². The van der Waals surface area contributed by atoms with Crippen LogP contribution < -0.4 is 4.74 Å². The average molecular weight is 398 g/mol. The molecule has 1 aliphatic rings. The smallest absolute Gasteiger partial charge is 0.405 e. The first-order valence-electron chi connectivity index (χ1n) is 7.79. The number of rotatable bonds is 5. The van der Waals surface area contributed by atoms with Gasteiger partial charge in [0.05, 0.1) is 5.92 Å². The highest BCUT2D eigenvalue weighted by molar-refractivity contribution is 5.89. The lowest BCUT2D eigenvalue weighted by molar-refractivity contribution is -0.275. The summed E-state index contributed by atoms with van der Waals surface area (Å²) in [6.45, 7) is -2.08. The van der Waals surface area contributed by atoms with Crippen LogP contribution in [0.4, 0.5) is 26.3 Å². The van der Waals surface area contributed by atoms with Crippen LogP contribution in [0.5, 0.6) is 5.75 Å². The van der Waals surface area contributed by atoms with Crippen molar-refractivity contribution in [3.63, 3.8) is 0 Å². The van der Waals surface area contributed by atoms with Gasteiger partial charge >= 0.3 is 12.5 Å². The summed E-state index contributed by atoms with van der Waals surface area (Å²) in [6, 6.07) is 5.21. The minimum absolute atomic E-state index is 0.0714. The predicted octanol–water partition coefficient (Wildman–Crippen LogP) is 2.95. The first kappa shape index (κ1) is 20.8. The molecular weight excluding hydrogens is 382 g/mol. The van der Waals surface area contributed by atoms with Crippen LogP contribution in [-0.4, -0.2) is 54.3 Å². The molecule has 2 rings (SSSR count). The highest BCUT2D eigenvalue weighted by Crippen LogP contribution is 2.28. The Morgan fingerprint density at radius 2 is 1.85 bits per heavy atom. The van der Waals surface area contributed by atoms with E-state index in [1.165, 1.54) is 25.2 Å². The molecule has 5 nitrogen and oxygen atoms in total. The number of halogens is 6. The summed E-state index contributed by atoms with van der Waals surface area (Å²) in [6.07, 6.45) is -9.86. The van der Waals surface area contributed by atoms with Gasteiger partial charge < -0.3 is 14.5 Å². The lowest BCUT2D eigenvalue weighted by Gasteiger charge is -2.23. The number of nitrogens with zero attached hydrogens (tertiary/aromatic N) is 2. The molecule has 11 heteroatoms. The van der Waals surface area contributed by atoms with E-state index in [9.17, 15) is 35.9 Å². The molecule has 2 amide bonds. The molecule has 0 bridgehead atoms. The highest BCUT2D eigenvalue weighted by atomic mass is 19.4. The number of hydrogen-bond acceptors (Lipinski definition) is 3. The minimum atomic E-state index is -4.91. The number of benzene rings is 1. The number of para-hydroxylation sites is 1. The van der Waals surface area contributed by atoms with Gasteiger partial charge in [0.2, 0.25) is 11.8 Å². The molecule has 1 unspecified atom stereocenters. The van der Waals surface area contributed by atoms with Crippen molar-refractivity contribution in [1.82, 2.24) is 9.80 Å². The van der Waals surface area contributed by atoms with Gasteiger partial charge in [-0.05, 0) is 6.07 Å². The molecule has 1 heterocycles. The maximum atomic E-state index is 12.4. The Labute approximate surface area is 150 Å². The fourth-order valence-electron chi connectivity index (χ4n) is 2.81. The van der Waals surface area contributed by atoms with Gasteiger partial charge in [-0.15, -0.1) is 13.2 Å². The van der Waals surface area contributed by atoms with E-state index in [2.05, 4.69) is 4.74 Å². The molecule has 1 aromatic rings. The highest BCUT2D eigenvalue weighted by Gasteiger charge is 2.41. The van der Waals surface area contributed by atoms with Crippen molar-refractivity contribution in [3.8, 4) is 5.75 Å². The van der Waals surface area contributed by atoms with Crippen LogP contribution in [0.25, 0.3) is 0 Å². The van der Waals surface area contributed by atoms with E-state index in [0.717, 1.165) is 11.0 Å². The molecule has 0 aliphatic carbocycles. The van der Waals surface area contributed by atoms with Crippen LogP contribution >= 0.6 is 0 Å². The summed E-state index contributed by atoms with van der Waals surface area (Å²) in [7, 11) is 1.30. The molecule has 0 saturated carbocycles. The Balaban J connectivity index is 2.04. The summed E-state index contributed by atoms with van der Waals surface area (Å²) in [4.78, 5) is 25.7. The third-order valence-electron chi connectivity index (χ3n) is 3.92. The van der Waals surface area contributed by atoms with Crippen LogP contribution in [0.3, 0.4) is 0 Å². The van der Waals surface area contributed by atoms with Gasteiger partial charge in [0.1, 0.15) is 12.3 Å². The average Bonchev–Trinajstić information content (AvgIpc) is 2.86. The lowest BCUT2D eigenvalue weighted by atomic mass is 10.1. The summed E-state index contributed by atoms with van der Waals surface area (Å²) in [5.74, 6) is -2.89. The Bertz CT molecular complexity index is 704. The SMILES string of the molecule is CN(Cc1ccccc1OC(F)(F)F)C(=O)C1CC(=O)N(CC(F)(F)F)C1. The molecule has 1 saturated heterocycles. The van der Waals surface area contributed by atoms with E-state index in [-0.39, 0.29) is 25.1 Å². The van der Waals surface area contributed by atoms with Gasteiger partial charge in [0, 0.05) is 32.1 Å². The number of carbonyl (C=O) groups excluding carboxylic acids is 2. The number of carbonyl (C=O) groups is 2. The van der Waals surface area contributed by atoms with Crippen molar-refractivity contribution >= 4 is 11.8 Å². The summed E-state index contributed by atoms with van der Waals surface area (Å²) in [5.41, 5.74) is 0.0714. The van der Waals surface area contributed by atoms with Crippen molar-refractivity contribution in [1.29, 1.82) is 0 Å². The van der Waals surface area contributed by atoms with E-state index in [1.54, 1.807) is 0 Å². The first-order valence-corrected chi connectivity index (χ1v) is 7.79. The number of likely N-dealkylation sites (tertiary alicyclic amines) is 1. The number of hydrogen-bond donors (Lipinski definition) is 0. The van der Waals surface area contributed by atoms with Gasteiger partial charge in [-0.25, -0.2) is 0 Å². The molecule has 0 N–H and O–H groups in total. The zero-order chi connectivity index (χ0) is 20.4. The van der Waals surface area contributed by atoms with E-state index < -0.39 is 42.6 Å². The molecule has 0 radical (unpaired) electrons. The second-order valence-corrected chi connectivity index (χ2v) is 6.14. The molecule has 27 heavy (non-hydrogen) atoms. The first-order chi connectivity index (χ1) is 12.4. The molecule has 1 aromatic carbocycles. The van der Waals surface area contributed by atoms with Crippen molar-refractivity contribution in [2.45, 2.75) is 25.5 Å². The summed E-state index contributed by atoms with van der Waals surface area (Å²) in [5, 5.41) is 0. The zero-order valence-corrected chi connectivity index (χ0v) is 14.1. The summed E-state index contributed by atoms with van der Waals surface area (Å²) >= 11 is 0. The second kappa shape index (κ2) is 7.65. The number of ether oxygens (including phenoxy) is 1. The van der Waals surface area contributed by atoms with Crippen molar-refractivity contribution in [2.75, 3.05) is 20.1 Å². The van der Waals surface area contributed by atoms with Crippen LogP contribution in [0.1, 0.15) is 12.0 Å². The van der Waals surface area contributed by atoms with Crippen LogP contribution in [0, 0.1) is 5.92 Å². The van der Waals surface area contributed by atoms with Gasteiger partial charge in [-0.1, -0.05) is 18.2 Å². The molecular formula is C16H16F6N2O3. The van der Waals surface area contributed by atoms with Crippen molar-refractivity contribution in [3.05, 3.63) is 29.8 Å². The fourth-order valence-corrected chi connectivity index (χ4v) is 2.81. The van der Waals surface area contributed by atoms with Gasteiger partial charge in [-0.3, -0.25) is 9.59 Å². The monoisotopic (exact) mass is 398 g/mol. The Kier molecular flexibility index (Phi) is 5.91. The minimum Gasteiger partial charge on any atom is -0.405 e. The molecule has 1 atom stereocenters. The standard InChI is InChI=1S/C16H16F6N2O3/c1-23(7-10-4-2-3-5-12(10)27-16(20,21)22)14(26)11-6-13(25)24(8-11)9-15(17,18)19/h2-5,11H,6-9H2,1H3. The lowest BCUT2D eigenvalue weighted by Crippen LogP contribution is -2.37. The Morgan fingerprint density at radius 3 is 2.44 bits per heavy atom. The molecule has 0 spiro atoms.